The number of nitrogens with zero attached hydrogens (tertiary/aromatic N) is 2. The molecule has 100 valence electrons. The second-order valence-electron chi connectivity index (χ2n) is 3.58. The van der Waals surface area contributed by atoms with E-state index < -0.39 is 0 Å². The molecule has 19 heavy (non-hydrogen) atoms. The highest BCUT2D eigenvalue weighted by atomic mass is 79.9. The maximum atomic E-state index is 13.3. The van der Waals surface area contributed by atoms with Crippen LogP contribution in [0, 0.1) is 5.82 Å². The van der Waals surface area contributed by atoms with Crippen LogP contribution in [0.25, 0.3) is 0 Å². The molecule has 0 saturated carbocycles. The Balaban J connectivity index is 2.30. The van der Waals surface area contributed by atoms with Gasteiger partial charge in [-0.3, -0.25) is 0 Å². The van der Waals surface area contributed by atoms with Gasteiger partial charge >= 0.3 is 0 Å². The molecule has 1 aromatic carbocycles. The summed E-state index contributed by atoms with van der Waals surface area (Å²) in [6.07, 6.45) is 1.38. The molecule has 0 atom stereocenters. The molecule has 0 aliphatic carbocycles. The minimum absolute atomic E-state index is 0.323. The van der Waals surface area contributed by atoms with Crippen molar-refractivity contribution in [1.29, 1.82) is 0 Å². The fraction of sp³-hybridized carbons (Fsp3) is 0.167. The number of rotatable bonds is 4. The summed E-state index contributed by atoms with van der Waals surface area (Å²) in [6, 6.07) is 4.29. The van der Waals surface area contributed by atoms with E-state index in [1.54, 1.807) is 6.07 Å². The Labute approximate surface area is 126 Å². The van der Waals surface area contributed by atoms with Gasteiger partial charge in [-0.05, 0) is 35.0 Å². The number of halogens is 3. The predicted molar refractivity (Wildman–Crippen MR) is 78.1 cm³/mol. The number of anilines is 1. The van der Waals surface area contributed by atoms with E-state index in [9.17, 15) is 4.39 Å². The molecule has 0 spiro atoms. The van der Waals surface area contributed by atoms with Crippen molar-refractivity contribution >= 4 is 37.7 Å². The molecule has 7 heteroatoms. The molecule has 0 unspecified atom stereocenters. The lowest BCUT2D eigenvalue weighted by Gasteiger charge is -2.10. The standard InChI is InChI=1S/C12H10Br2FN3O/c1-2-16-11-10(14)12(18-6-17-11)19-9-4-7(13)3-8(15)5-9/h3-6H,2H2,1H3,(H,16,17,18). The van der Waals surface area contributed by atoms with Crippen molar-refractivity contribution in [2.45, 2.75) is 6.92 Å². The van der Waals surface area contributed by atoms with E-state index >= 15 is 0 Å². The smallest absolute Gasteiger partial charge is 0.238 e. The minimum Gasteiger partial charge on any atom is -0.438 e. The van der Waals surface area contributed by atoms with E-state index in [1.807, 2.05) is 6.92 Å². The van der Waals surface area contributed by atoms with Crippen LogP contribution in [0.1, 0.15) is 6.92 Å². The topological polar surface area (TPSA) is 47.0 Å². The monoisotopic (exact) mass is 389 g/mol. The lowest BCUT2D eigenvalue weighted by molar-refractivity contribution is 0.453. The fourth-order valence-corrected chi connectivity index (χ4v) is 2.28. The molecule has 0 saturated heterocycles. The molecule has 0 bridgehead atoms. The Kier molecular flexibility index (Phi) is 4.71. The van der Waals surface area contributed by atoms with E-state index in [2.05, 4.69) is 47.1 Å². The van der Waals surface area contributed by atoms with Crippen LogP contribution in [0.3, 0.4) is 0 Å². The lowest BCUT2D eigenvalue weighted by atomic mass is 10.3. The zero-order chi connectivity index (χ0) is 13.8. The van der Waals surface area contributed by atoms with Crippen molar-refractivity contribution in [2.24, 2.45) is 0 Å². The molecule has 0 radical (unpaired) electrons. The van der Waals surface area contributed by atoms with E-state index in [1.165, 1.54) is 18.5 Å². The molecular weight excluding hydrogens is 381 g/mol. The van der Waals surface area contributed by atoms with Crippen LogP contribution in [-0.4, -0.2) is 16.5 Å². The number of benzene rings is 1. The third kappa shape index (κ3) is 3.63. The summed E-state index contributed by atoms with van der Waals surface area (Å²) in [5.74, 6) is 0.918. The van der Waals surface area contributed by atoms with Gasteiger partial charge in [-0.25, -0.2) is 14.4 Å². The Bertz CT molecular complexity index is 575. The largest absolute Gasteiger partial charge is 0.438 e. The summed E-state index contributed by atoms with van der Waals surface area (Å²) in [4.78, 5) is 8.09. The Morgan fingerprint density at radius 1 is 1.26 bits per heavy atom. The summed E-state index contributed by atoms with van der Waals surface area (Å²) in [5, 5.41) is 3.06. The van der Waals surface area contributed by atoms with Gasteiger partial charge < -0.3 is 10.1 Å². The number of nitrogens with one attached hydrogen (secondary N) is 1. The van der Waals surface area contributed by atoms with Crippen LogP contribution in [0.5, 0.6) is 11.6 Å². The van der Waals surface area contributed by atoms with Gasteiger partial charge in [0.15, 0.2) is 0 Å². The molecule has 1 aromatic heterocycles. The Hall–Kier alpha value is -1.21. The second-order valence-corrected chi connectivity index (χ2v) is 5.29. The highest BCUT2D eigenvalue weighted by Crippen LogP contribution is 2.32. The normalized spacial score (nSPS) is 10.3. The van der Waals surface area contributed by atoms with E-state index in [0.717, 1.165) is 6.54 Å². The van der Waals surface area contributed by atoms with Gasteiger partial charge in [0.2, 0.25) is 5.88 Å². The molecule has 2 rings (SSSR count). The third-order valence-corrected chi connectivity index (χ3v) is 3.32. The summed E-state index contributed by atoms with van der Waals surface area (Å²) >= 11 is 6.57. The van der Waals surface area contributed by atoms with Gasteiger partial charge in [-0.1, -0.05) is 15.9 Å². The molecule has 0 aliphatic rings. The molecule has 0 aliphatic heterocycles. The lowest BCUT2D eigenvalue weighted by Crippen LogP contribution is -2.02. The number of aromatic nitrogens is 2. The van der Waals surface area contributed by atoms with Crippen LogP contribution in [0.4, 0.5) is 10.2 Å². The number of hydrogen-bond donors (Lipinski definition) is 1. The molecule has 0 fully saturated rings. The highest BCUT2D eigenvalue weighted by Gasteiger charge is 2.11. The Morgan fingerprint density at radius 3 is 2.74 bits per heavy atom. The third-order valence-electron chi connectivity index (χ3n) is 2.15. The van der Waals surface area contributed by atoms with Gasteiger partial charge in [-0.2, -0.15) is 0 Å². The zero-order valence-corrected chi connectivity index (χ0v) is 13.1. The second kappa shape index (κ2) is 6.29. The molecular formula is C12H10Br2FN3O. The molecule has 0 amide bonds. The SMILES string of the molecule is CCNc1ncnc(Oc2cc(F)cc(Br)c2)c1Br. The molecule has 1 heterocycles. The average Bonchev–Trinajstić information content (AvgIpc) is 2.33. The first-order valence-corrected chi connectivity index (χ1v) is 7.07. The molecule has 1 N–H and O–H groups in total. The maximum absolute atomic E-state index is 13.3. The van der Waals surface area contributed by atoms with Crippen LogP contribution < -0.4 is 10.1 Å². The summed E-state index contributed by atoms with van der Waals surface area (Å²) < 4.78 is 20.0. The minimum atomic E-state index is -0.388. The Morgan fingerprint density at radius 2 is 2.05 bits per heavy atom. The maximum Gasteiger partial charge on any atom is 0.238 e. The summed E-state index contributed by atoms with van der Waals surface area (Å²) in [6.45, 7) is 2.68. The first kappa shape index (κ1) is 14.2. The van der Waals surface area contributed by atoms with Crippen molar-refractivity contribution in [3.8, 4) is 11.6 Å². The summed E-state index contributed by atoms with van der Waals surface area (Å²) in [5.41, 5.74) is 0. The van der Waals surface area contributed by atoms with Crippen molar-refractivity contribution in [3.63, 3.8) is 0 Å². The van der Waals surface area contributed by atoms with E-state index in [0.29, 0.717) is 26.4 Å². The summed E-state index contributed by atoms with van der Waals surface area (Å²) in [7, 11) is 0. The van der Waals surface area contributed by atoms with Gasteiger partial charge in [0.25, 0.3) is 0 Å². The fourth-order valence-electron chi connectivity index (χ4n) is 1.41. The molecule has 4 nitrogen and oxygen atoms in total. The van der Waals surface area contributed by atoms with Gasteiger partial charge in [0.1, 0.15) is 28.2 Å². The van der Waals surface area contributed by atoms with Crippen molar-refractivity contribution in [3.05, 3.63) is 39.3 Å². The first-order chi connectivity index (χ1) is 9.10. The quantitative estimate of drug-likeness (QED) is 0.842. The van der Waals surface area contributed by atoms with Gasteiger partial charge in [-0.15, -0.1) is 0 Å². The number of ether oxygens (including phenoxy) is 1. The van der Waals surface area contributed by atoms with Crippen molar-refractivity contribution in [2.75, 3.05) is 11.9 Å². The van der Waals surface area contributed by atoms with Crippen LogP contribution >= 0.6 is 31.9 Å². The number of hydrogen-bond acceptors (Lipinski definition) is 4. The van der Waals surface area contributed by atoms with Crippen LogP contribution in [0.2, 0.25) is 0 Å². The predicted octanol–water partition coefficient (Wildman–Crippen LogP) is 4.36. The highest BCUT2D eigenvalue weighted by molar-refractivity contribution is 9.11. The van der Waals surface area contributed by atoms with Crippen LogP contribution in [-0.2, 0) is 0 Å². The van der Waals surface area contributed by atoms with Crippen molar-refractivity contribution in [1.82, 2.24) is 9.97 Å². The van der Waals surface area contributed by atoms with Gasteiger partial charge in [0, 0.05) is 17.1 Å². The van der Waals surface area contributed by atoms with Gasteiger partial charge in [0.05, 0.1) is 0 Å². The first-order valence-electron chi connectivity index (χ1n) is 5.48. The van der Waals surface area contributed by atoms with Crippen LogP contribution in [0.15, 0.2) is 33.5 Å². The van der Waals surface area contributed by atoms with Crippen molar-refractivity contribution < 1.29 is 9.13 Å². The zero-order valence-electron chi connectivity index (χ0n) is 9.95. The molecule has 2 aromatic rings. The van der Waals surface area contributed by atoms with E-state index in [4.69, 9.17) is 4.74 Å². The average molecular weight is 391 g/mol. The van der Waals surface area contributed by atoms with E-state index in [-0.39, 0.29) is 5.82 Å².